The van der Waals surface area contributed by atoms with Gasteiger partial charge in [0.1, 0.15) is 18.1 Å². The molecule has 1 fully saturated rings. The number of carbonyl (C=O) groups is 1. The lowest BCUT2D eigenvalue weighted by molar-refractivity contribution is -0.129. The van der Waals surface area contributed by atoms with Crippen LogP contribution in [0.3, 0.4) is 0 Å². The van der Waals surface area contributed by atoms with Crippen LogP contribution in [-0.2, 0) is 16.1 Å². The molecule has 4 heterocycles. The maximum Gasteiger partial charge on any atom is 0.263 e. The number of fused-ring (bicyclic) bond motifs is 2. The van der Waals surface area contributed by atoms with E-state index in [1.165, 1.54) is 12.4 Å². The van der Waals surface area contributed by atoms with Crippen LogP contribution in [0.25, 0.3) is 16.5 Å². The number of carbonyl (C=O) groups excluding carboxylic acids is 1. The van der Waals surface area contributed by atoms with Gasteiger partial charge in [0.15, 0.2) is 6.17 Å². The zero-order valence-corrected chi connectivity index (χ0v) is 22.5. The van der Waals surface area contributed by atoms with Crippen LogP contribution in [0.4, 0.5) is 0 Å². The number of amidine groups is 1. The zero-order chi connectivity index (χ0) is 27.8. The second-order valence-corrected chi connectivity index (χ2v) is 10.2. The average molecular weight is 538 g/mol. The highest BCUT2D eigenvalue weighted by Crippen LogP contribution is 2.29. The van der Waals surface area contributed by atoms with Crippen molar-refractivity contribution >= 4 is 34.6 Å². The predicted octanol–water partition coefficient (Wildman–Crippen LogP) is 2.54. The maximum atomic E-state index is 14.0. The van der Waals surface area contributed by atoms with E-state index >= 15 is 0 Å². The van der Waals surface area contributed by atoms with Crippen LogP contribution in [0, 0.1) is 19.8 Å². The number of amides is 1. The summed E-state index contributed by atoms with van der Waals surface area (Å²) < 4.78 is 7.13. The number of rotatable bonds is 5. The Morgan fingerprint density at radius 3 is 2.67 bits per heavy atom. The van der Waals surface area contributed by atoms with Gasteiger partial charge in [-0.05, 0) is 48.6 Å². The number of aryl methyl sites for hydroxylation is 2. The second kappa shape index (κ2) is 10.5. The summed E-state index contributed by atoms with van der Waals surface area (Å²) in [7, 11) is 0. The zero-order valence-electron chi connectivity index (χ0n) is 22.5. The van der Waals surface area contributed by atoms with E-state index in [9.17, 15) is 9.59 Å². The Labute approximate surface area is 231 Å². The van der Waals surface area contributed by atoms with Gasteiger partial charge in [-0.1, -0.05) is 36.4 Å². The molecule has 2 N–H and O–H groups in total. The van der Waals surface area contributed by atoms with Gasteiger partial charge in [0.05, 0.1) is 36.5 Å². The first-order valence-electron chi connectivity index (χ1n) is 13.4. The van der Waals surface area contributed by atoms with Crippen LogP contribution in [-0.4, -0.2) is 70.7 Å². The van der Waals surface area contributed by atoms with Crippen molar-refractivity contribution in [1.29, 1.82) is 0 Å². The monoisotopic (exact) mass is 537 g/mol. The molecule has 3 aliphatic heterocycles. The Kier molecular flexibility index (Phi) is 6.77. The molecule has 0 bridgehead atoms. The van der Waals surface area contributed by atoms with Gasteiger partial charge in [0.25, 0.3) is 5.56 Å². The van der Waals surface area contributed by atoms with Crippen molar-refractivity contribution in [2.24, 2.45) is 26.7 Å². The third kappa shape index (κ3) is 4.60. The van der Waals surface area contributed by atoms with Crippen LogP contribution in [0.1, 0.15) is 16.8 Å². The van der Waals surface area contributed by atoms with Crippen LogP contribution in [0.2, 0.25) is 0 Å². The third-order valence-electron chi connectivity index (χ3n) is 7.64. The van der Waals surface area contributed by atoms with Gasteiger partial charge >= 0.3 is 0 Å². The van der Waals surface area contributed by atoms with Crippen LogP contribution >= 0.6 is 0 Å². The average Bonchev–Trinajstić information content (AvgIpc) is 3.31. The molecule has 0 saturated carbocycles. The van der Waals surface area contributed by atoms with Crippen molar-refractivity contribution in [3.8, 4) is 5.69 Å². The van der Waals surface area contributed by atoms with E-state index in [1.807, 2.05) is 67.4 Å². The Morgan fingerprint density at radius 1 is 1.10 bits per heavy atom. The molecule has 0 radical (unpaired) electrons. The highest BCUT2D eigenvalue weighted by Gasteiger charge is 2.40. The lowest BCUT2D eigenvalue weighted by atomic mass is 9.98. The quantitative estimate of drug-likeness (QED) is 0.502. The molecule has 2 unspecified atom stereocenters. The summed E-state index contributed by atoms with van der Waals surface area (Å²) >= 11 is 0. The first-order chi connectivity index (χ1) is 19.4. The largest absolute Gasteiger partial charge is 0.386 e. The number of allylic oxidation sites excluding steroid dienone is 1. The lowest BCUT2D eigenvalue weighted by Gasteiger charge is -2.27. The van der Waals surface area contributed by atoms with Crippen molar-refractivity contribution in [2.45, 2.75) is 26.6 Å². The first kappa shape index (κ1) is 25.7. The summed E-state index contributed by atoms with van der Waals surface area (Å²) in [6, 6.07) is 15.8. The molecule has 10 nitrogen and oxygen atoms in total. The van der Waals surface area contributed by atoms with Gasteiger partial charge in [-0.25, -0.2) is 9.98 Å². The number of hydrogen-bond donors (Lipinski definition) is 1. The molecule has 3 aromatic rings. The fourth-order valence-electron chi connectivity index (χ4n) is 5.57. The summed E-state index contributed by atoms with van der Waals surface area (Å²) in [5.74, 6) is -0.121. The van der Waals surface area contributed by atoms with Crippen LogP contribution in [0.15, 0.2) is 80.6 Å². The van der Waals surface area contributed by atoms with E-state index in [0.29, 0.717) is 49.8 Å². The Balaban J connectivity index is 1.41. The number of hydrazone groups is 1. The van der Waals surface area contributed by atoms with E-state index in [0.717, 1.165) is 27.9 Å². The van der Waals surface area contributed by atoms with Crippen LogP contribution in [0.5, 0.6) is 0 Å². The van der Waals surface area contributed by atoms with Gasteiger partial charge in [0, 0.05) is 24.9 Å². The normalized spacial score (nSPS) is 20.6. The highest BCUT2D eigenvalue weighted by molar-refractivity contribution is 6.15. The smallest absolute Gasteiger partial charge is 0.263 e. The maximum absolute atomic E-state index is 14.0. The Bertz CT molecular complexity index is 1660. The molecule has 1 aromatic heterocycles. The number of hydrogen-bond acceptors (Lipinski definition) is 8. The summed E-state index contributed by atoms with van der Waals surface area (Å²) in [5.41, 5.74) is 10.3. The minimum Gasteiger partial charge on any atom is -0.386 e. The molecule has 6 rings (SSSR count). The van der Waals surface area contributed by atoms with Gasteiger partial charge in [-0.2, -0.15) is 5.10 Å². The van der Waals surface area contributed by atoms with Gasteiger partial charge in [-0.15, -0.1) is 0 Å². The Hall–Kier alpha value is -4.57. The van der Waals surface area contributed by atoms with Crippen molar-refractivity contribution in [1.82, 2.24) is 14.5 Å². The molecule has 10 heteroatoms. The predicted molar refractivity (Wildman–Crippen MR) is 156 cm³/mol. The Morgan fingerprint density at radius 2 is 1.88 bits per heavy atom. The fourth-order valence-corrected chi connectivity index (χ4v) is 5.57. The van der Waals surface area contributed by atoms with Crippen molar-refractivity contribution < 1.29 is 9.53 Å². The fraction of sp³-hybridized carbons (Fsp3) is 0.300. The molecule has 1 saturated heterocycles. The number of morpholine rings is 1. The molecule has 1 amide bonds. The summed E-state index contributed by atoms with van der Waals surface area (Å²) in [5, 5.41) is 8.24. The SMILES string of the molecule is Cc1ccccc1-n1c(CN2N=C(/C=C/C(=O)N3CCOCC3)C3C(N)=NC=NC32)cc2cccc(C)c2c1=O. The van der Waals surface area contributed by atoms with Crippen molar-refractivity contribution in [3.05, 3.63) is 87.9 Å². The number of nitrogens with zero attached hydrogens (tertiary/aromatic N) is 6. The lowest BCUT2D eigenvalue weighted by Crippen LogP contribution is -2.42. The minimum atomic E-state index is -0.440. The third-order valence-corrected chi connectivity index (χ3v) is 7.64. The van der Waals surface area contributed by atoms with E-state index in [1.54, 1.807) is 15.5 Å². The number of pyridine rings is 1. The molecule has 40 heavy (non-hydrogen) atoms. The number of ether oxygens (including phenoxy) is 1. The topological polar surface area (TPSA) is 118 Å². The second-order valence-electron chi connectivity index (χ2n) is 10.2. The van der Waals surface area contributed by atoms with Gasteiger partial charge in [0.2, 0.25) is 5.91 Å². The van der Waals surface area contributed by atoms with Gasteiger partial charge in [-0.3, -0.25) is 19.2 Å². The molecular weight excluding hydrogens is 506 g/mol. The summed E-state index contributed by atoms with van der Waals surface area (Å²) in [6.45, 7) is 6.42. The minimum absolute atomic E-state index is 0.0796. The van der Waals surface area contributed by atoms with E-state index < -0.39 is 12.1 Å². The number of para-hydroxylation sites is 1. The van der Waals surface area contributed by atoms with E-state index in [4.69, 9.17) is 15.6 Å². The molecular formula is C30H31N7O3. The molecule has 0 spiro atoms. The molecule has 0 aliphatic carbocycles. The molecule has 204 valence electrons. The van der Waals surface area contributed by atoms with E-state index in [2.05, 4.69) is 9.98 Å². The summed E-state index contributed by atoms with van der Waals surface area (Å²) in [6.07, 6.45) is 4.24. The first-order valence-corrected chi connectivity index (χ1v) is 13.4. The number of aliphatic imine (C=N–C) groups is 2. The van der Waals surface area contributed by atoms with Crippen LogP contribution < -0.4 is 11.3 Å². The molecule has 2 aromatic carbocycles. The number of aromatic nitrogens is 1. The van der Waals surface area contributed by atoms with Crippen molar-refractivity contribution in [2.75, 3.05) is 26.3 Å². The summed E-state index contributed by atoms with van der Waals surface area (Å²) in [4.78, 5) is 37.3. The number of nitrogens with two attached hydrogens (primary N) is 1. The standard InChI is InChI=1S/C30H31N7O3/c1-19-6-3-4-9-24(19)37-22(16-21-8-5-7-20(2)26(21)30(37)39)17-36-29-27(28(31)32-18-33-29)23(34-36)10-11-25(38)35-12-14-40-15-13-35/h3-11,16,18,27,29H,12-15,17H2,1-2H3,(H2,31,32,33)/b11-10+. The van der Waals surface area contributed by atoms with Crippen molar-refractivity contribution in [3.63, 3.8) is 0 Å². The highest BCUT2D eigenvalue weighted by atomic mass is 16.5. The number of benzene rings is 2. The van der Waals surface area contributed by atoms with Gasteiger partial charge < -0.3 is 15.4 Å². The molecule has 2 atom stereocenters. The molecule has 3 aliphatic rings. The van der Waals surface area contributed by atoms with E-state index in [-0.39, 0.29) is 11.5 Å².